The molecule has 0 aliphatic carbocycles. The summed E-state index contributed by atoms with van der Waals surface area (Å²) in [5.41, 5.74) is 3.28. The molecule has 3 aromatic heterocycles. The molecule has 4 aromatic rings. The third-order valence-corrected chi connectivity index (χ3v) is 3.37. The normalized spacial score (nSPS) is 9.74. The summed E-state index contributed by atoms with van der Waals surface area (Å²) in [6.07, 6.45) is 3.30. The van der Waals surface area contributed by atoms with Crippen molar-refractivity contribution in [1.82, 2.24) is 20.2 Å². The summed E-state index contributed by atoms with van der Waals surface area (Å²) in [5.74, 6) is -1.29. The molecule has 0 fully saturated rings. The van der Waals surface area contributed by atoms with Gasteiger partial charge in [-0.05, 0) is 30.8 Å². The Kier molecular flexibility index (Phi) is 7.50. The van der Waals surface area contributed by atoms with Crippen LogP contribution in [-0.4, -0.2) is 15.1 Å². The van der Waals surface area contributed by atoms with Gasteiger partial charge in [0.2, 0.25) is 0 Å². The van der Waals surface area contributed by atoms with Crippen molar-refractivity contribution in [1.29, 1.82) is 0 Å². The number of aromatic nitrogens is 4. The van der Waals surface area contributed by atoms with Gasteiger partial charge in [-0.15, -0.1) is 12.1 Å². The molecule has 0 saturated carbocycles. The molecule has 3 heterocycles. The number of hydrogen-bond acceptors (Lipinski definition) is 3. The fraction of sp³-hybridized carbons (Fsp3) is 0.0500. The number of halogens is 2. The van der Waals surface area contributed by atoms with Crippen LogP contribution >= 0.6 is 0 Å². The molecule has 0 unspecified atom stereocenters. The quantitative estimate of drug-likeness (QED) is 0.355. The number of benzene rings is 1. The molecule has 0 radical (unpaired) electrons. The van der Waals surface area contributed by atoms with Crippen LogP contribution in [-0.2, 0) is 21.1 Å². The van der Waals surface area contributed by atoms with Crippen molar-refractivity contribution in [2.45, 2.75) is 6.92 Å². The Balaban J connectivity index is 0.000000189. The van der Waals surface area contributed by atoms with Crippen LogP contribution in [0.2, 0.25) is 0 Å². The van der Waals surface area contributed by atoms with Crippen LogP contribution in [0.15, 0.2) is 67.0 Å². The van der Waals surface area contributed by atoms with Crippen LogP contribution in [0.3, 0.4) is 0 Å². The molecule has 138 valence electrons. The standard InChI is InChI=1S/C11H6F2N.C9H8N3.Pt/c12-8-4-5-9(10(13)7-8)11-3-1-2-6-14-11;1-7-6-9(12-11-7)8-4-2-3-5-10-8;/h1-4,6-7H;2-6H,1H3;/q2*-1;+2. The molecule has 0 aliphatic heterocycles. The summed E-state index contributed by atoms with van der Waals surface area (Å²) in [4.78, 5) is 8.11. The average molecular weight is 543 g/mol. The van der Waals surface area contributed by atoms with Gasteiger partial charge in [-0.2, -0.15) is 0 Å². The van der Waals surface area contributed by atoms with Crippen LogP contribution in [0, 0.1) is 24.6 Å². The molecular formula is C20H14F2N4Pt. The van der Waals surface area contributed by atoms with E-state index in [0.29, 0.717) is 5.69 Å². The monoisotopic (exact) mass is 543 g/mol. The van der Waals surface area contributed by atoms with E-state index in [1.165, 1.54) is 0 Å². The van der Waals surface area contributed by atoms with E-state index < -0.39 is 11.6 Å². The molecule has 4 rings (SSSR count). The third kappa shape index (κ3) is 5.63. The molecule has 0 bridgehead atoms. The predicted molar refractivity (Wildman–Crippen MR) is 94.0 cm³/mol. The van der Waals surface area contributed by atoms with Crippen molar-refractivity contribution in [2.24, 2.45) is 0 Å². The summed E-state index contributed by atoms with van der Waals surface area (Å²) in [5, 5.41) is 7.88. The Morgan fingerprint density at radius 3 is 2.11 bits per heavy atom. The maximum Gasteiger partial charge on any atom is 2.00 e. The summed E-state index contributed by atoms with van der Waals surface area (Å²) in [6.45, 7) is 1.92. The number of pyridine rings is 2. The van der Waals surface area contributed by atoms with E-state index in [-0.39, 0.29) is 26.6 Å². The predicted octanol–water partition coefficient (Wildman–Crippen LogP) is 4.23. The van der Waals surface area contributed by atoms with Gasteiger partial charge in [0, 0.05) is 35.4 Å². The maximum atomic E-state index is 13.2. The number of hydrogen-bond donors (Lipinski definition) is 0. The summed E-state index contributed by atoms with van der Waals surface area (Å²) in [7, 11) is 0. The molecule has 0 spiro atoms. The first-order chi connectivity index (χ1) is 12.6. The minimum absolute atomic E-state index is 0. The van der Waals surface area contributed by atoms with E-state index >= 15 is 0 Å². The van der Waals surface area contributed by atoms with Crippen molar-refractivity contribution in [3.8, 4) is 22.6 Å². The molecule has 7 heteroatoms. The molecule has 0 aliphatic rings. The fourth-order valence-corrected chi connectivity index (χ4v) is 2.18. The second kappa shape index (κ2) is 9.83. The minimum atomic E-state index is -0.649. The summed E-state index contributed by atoms with van der Waals surface area (Å²) < 4.78 is 25.8. The molecule has 0 saturated heterocycles. The Morgan fingerprint density at radius 2 is 1.59 bits per heavy atom. The first-order valence-electron chi connectivity index (χ1n) is 7.80. The van der Waals surface area contributed by atoms with E-state index in [1.807, 2.05) is 31.2 Å². The van der Waals surface area contributed by atoms with Crippen molar-refractivity contribution < 1.29 is 29.8 Å². The van der Waals surface area contributed by atoms with Gasteiger partial charge in [0.15, 0.2) is 0 Å². The topological polar surface area (TPSA) is 52.8 Å². The van der Waals surface area contributed by atoms with Gasteiger partial charge in [0.1, 0.15) is 0 Å². The Hall–Kier alpha value is -2.72. The van der Waals surface area contributed by atoms with Crippen LogP contribution in [0.5, 0.6) is 0 Å². The number of aryl methyl sites for hydroxylation is 1. The minimum Gasteiger partial charge on any atom is -0.574 e. The van der Waals surface area contributed by atoms with Crippen LogP contribution in [0.1, 0.15) is 5.69 Å². The first-order valence-corrected chi connectivity index (χ1v) is 7.80. The van der Waals surface area contributed by atoms with Gasteiger partial charge in [-0.3, -0.25) is 13.8 Å². The van der Waals surface area contributed by atoms with E-state index in [4.69, 9.17) is 0 Å². The molecule has 27 heavy (non-hydrogen) atoms. The van der Waals surface area contributed by atoms with Crippen molar-refractivity contribution in [3.63, 3.8) is 0 Å². The van der Waals surface area contributed by atoms with Gasteiger partial charge in [-0.25, -0.2) is 0 Å². The SMILES string of the molecule is Cc1cc(-c2ccccn2)[n-]n1.Fc1c[c-]c(-c2ccccn2)c(F)c1.[Pt+2]. The smallest absolute Gasteiger partial charge is 0.574 e. The zero-order valence-corrected chi connectivity index (χ0v) is 16.5. The van der Waals surface area contributed by atoms with Crippen LogP contribution < -0.4 is 5.10 Å². The van der Waals surface area contributed by atoms with Gasteiger partial charge in [0.25, 0.3) is 0 Å². The molecule has 0 atom stereocenters. The van der Waals surface area contributed by atoms with Crippen molar-refractivity contribution in [3.05, 3.63) is 90.4 Å². The van der Waals surface area contributed by atoms with Gasteiger partial charge in [-0.1, -0.05) is 41.6 Å². The van der Waals surface area contributed by atoms with Gasteiger partial charge in [0.05, 0.1) is 0 Å². The fourth-order valence-electron chi connectivity index (χ4n) is 2.18. The molecule has 1 aromatic carbocycles. The second-order valence-corrected chi connectivity index (χ2v) is 5.34. The van der Waals surface area contributed by atoms with E-state index in [9.17, 15) is 8.78 Å². The average Bonchev–Trinajstić information content (AvgIpc) is 3.10. The van der Waals surface area contributed by atoms with Crippen LogP contribution in [0.4, 0.5) is 8.78 Å². The Bertz CT molecular complexity index is 976. The maximum absolute atomic E-state index is 13.2. The van der Waals surface area contributed by atoms with E-state index in [0.717, 1.165) is 29.2 Å². The second-order valence-electron chi connectivity index (χ2n) is 5.34. The zero-order chi connectivity index (χ0) is 18.4. The van der Waals surface area contributed by atoms with Crippen molar-refractivity contribution >= 4 is 0 Å². The Labute approximate surface area is 170 Å². The molecule has 0 N–H and O–H groups in total. The van der Waals surface area contributed by atoms with E-state index in [1.54, 1.807) is 30.6 Å². The van der Waals surface area contributed by atoms with Gasteiger partial charge < -0.3 is 15.2 Å². The number of rotatable bonds is 2. The summed E-state index contributed by atoms with van der Waals surface area (Å²) >= 11 is 0. The largest absolute Gasteiger partial charge is 2.00 e. The van der Waals surface area contributed by atoms with E-state index in [2.05, 4.69) is 26.2 Å². The Morgan fingerprint density at radius 1 is 0.926 bits per heavy atom. The molecule has 0 amide bonds. The molecular weight excluding hydrogens is 529 g/mol. The summed E-state index contributed by atoms with van der Waals surface area (Å²) in [6, 6.07) is 17.2. The zero-order valence-electron chi connectivity index (χ0n) is 14.2. The molecule has 4 nitrogen and oxygen atoms in total. The first kappa shape index (κ1) is 20.6. The van der Waals surface area contributed by atoms with Crippen LogP contribution in [0.25, 0.3) is 22.6 Å². The third-order valence-electron chi connectivity index (χ3n) is 3.37. The van der Waals surface area contributed by atoms with Gasteiger partial charge >= 0.3 is 21.1 Å². The number of nitrogens with zero attached hydrogens (tertiary/aromatic N) is 4. The van der Waals surface area contributed by atoms with Crippen molar-refractivity contribution in [2.75, 3.05) is 0 Å².